The van der Waals surface area contributed by atoms with Crippen LogP contribution < -0.4 is 0 Å². The van der Waals surface area contributed by atoms with Crippen molar-refractivity contribution in [1.82, 2.24) is 0 Å². The Labute approximate surface area is 161 Å². The number of aliphatic hydroxyl groups excluding tert-OH is 1. The van der Waals surface area contributed by atoms with Gasteiger partial charge in [0.1, 0.15) is 6.10 Å². The number of ether oxygens (including phenoxy) is 1. The summed E-state index contributed by atoms with van der Waals surface area (Å²) >= 11 is 0. The fraction of sp³-hybridized carbons (Fsp3) is 0.727. The Hall–Kier alpha value is -1.62. The Morgan fingerprint density at radius 3 is 2.70 bits per heavy atom. The molecule has 0 spiro atoms. The maximum atomic E-state index is 11.6. The zero-order chi connectivity index (χ0) is 19.6. The van der Waals surface area contributed by atoms with Crippen LogP contribution in [0.2, 0.25) is 0 Å². The molecule has 0 saturated carbocycles. The summed E-state index contributed by atoms with van der Waals surface area (Å²) in [6.07, 6.45) is 10.3. The molecule has 3 rings (SSSR count). The summed E-state index contributed by atoms with van der Waals surface area (Å²) in [4.78, 5) is 22.7. The van der Waals surface area contributed by atoms with Crippen LogP contribution in [0.15, 0.2) is 23.8 Å². The van der Waals surface area contributed by atoms with Gasteiger partial charge < -0.3 is 14.9 Å². The van der Waals surface area contributed by atoms with E-state index in [1.165, 1.54) is 5.57 Å². The maximum absolute atomic E-state index is 11.6. The van der Waals surface area contributed by atoms with Crippen molar-refractivity contribution < 1.29 is 24.5 Å². The van der Waals surface area contributed by atoms with Crippen LogP contribution in [0.5, 0.6) is 0 Å². The predicted molar refractivity (Wildman–Crippen MR) is 102 cm³/mol. The van der Waals surface area contributed by atoms with Crippen LogP contribution in [0.3, 0.4) is 0 Å². The van der Waals surface area contributed by atoms with Gasteiger partial charge in [-0.3, -0.25) is 9.59 Å². The third-order valence-electron chi connectivity index (χ3n) is 6.56. The first-order valence-corrected chi connectivity index (χ1v) is 10.3. The molecule has 0 aromatic heterocycles. The molecule has 5 nitrogen and oxygen atoms in total. The molecule has 1 aliphatic heterocycles. The van der Waals surface area contributed by atoms with Gasteiger partial charge >= 0.3 is 11.9 Å². The first-order valence-electron chi connectivity index (χ1n) is 10.3. The molecule has 0 unspecified atom stereocenters. The van der Waals surface area contributed by atoms with Crippen LogP contribution >= 0.6 is 0 Å². The largest absolute Gasteiger partial charge is 0.481 e. The van der Waals surface area contributed by atoms with Gasteiger partial charge in [-0.15, -0.1) is 0 Å². The summed E-state index contributed by atoms with van der Waals surface area (Å²) in [5.74, 6) is 1.04. The van der Waals surface area contributed by atoms with Gasteiger partial charge in [-0.25, -0.2) is 0 Å². The monoisotopic (exact) mass is 376 g/mol. The molecule has 3 aliphatic rings. The molecule has 2 aliphatic carbocycles. The second kappa shape index (κ2) is 8.59. The number of aliphatic hydroxyl groups is 1. The van der Waals surface area contributed by atoms with Crippen LogP contribution in [0.25, 0.3) is 0 Å². The first-order chi connectivity index (χ1) is 12.8. The SMILES string of the molecule is C[C@@H]1C=CC2=C[C@H](C)C[C@H](CCC(=O)O)[C@@H]2[C@H]1CC[C@@H]1C[C@@H](O)CC(=O)O1. The van der Waals surface area contributed by atoms with E-state index in [1.54, 1.807) is 0 Å². The Kier molecular flexibility index (Phi) is 6.40. The van der Waals surface area contributed by atoms with Crippen molar-refractivity contribution in [2.45, 2.75) is 71.0 Å². The van der Waals surface area contributed by atoms with E-state index < -0.39 is 12.1 Å². The van der Waals surface area contributed by atoms with Crippen molar-refractivity contribution in [1.29, 1.82) is 0 Å². The highest BCUT2D eigenvalue weighted by Crippen LogP contribution is 2.48. The predicted octanol–water partition coefficient (Wildman–Crippen LogP) is 3.72. The fourth-order valence-electron chi connectivity index (χ4n) is 5.37. The van der Waals surface area contributed by atoms with Gasteiger partial charge in [0.2, 0.25) is 0 Å². The van der Waals surface area contributed by atoms with Crippen molar-refractivity contribution in [2.75, 3.05) is 0 Å². The van der Waals surface area contributed by atoms with E-state index in [4.69, 9.17) is 9.84 Å². The van der Waals surface area contributed by atoms with Gasteiger partial charge in [-0.1, -0.05) is 32.1 Å². The van der Waals surface area contributed by atoms with Crippen LogP contribution in [-0.2, 0) is 14.3 Å². The number of hydrogen-bond acceptors (Lipinski definition) is 4. The van der Waals surface area contributed by atoms with Crippen LogP contribution in [0.4, 0.5) is 0 Å². The minimum Gasteiger partial charge on any atom is -0.481 e. The molecule has 0 bridgehead atoms. The highest BCUT2D eigenvalue weighted by molar-refractivity contribution is 5.70. The van der Waals surface area contributed by atoms with E-state index in [0.29, 0.717) is 36.0 Å². The zero-order valence-electron chi connectivity index (χ0n) is 16.3. The van der Waals surface area contributed by atoms with Gasteiger partial charge in [0.15, 0.2) is 0 Å². The molecule has 7 atom stereocenters. The molecule has 27 heavy (non-hydrogen) atoms. The Balaban J connectivity index is 1.71. The Morgan fingerprint density at radius 2 is 2.00 bits per heavy atom. The number of esters is 1. The van der Waals surface area contributed by atoms with Crippen molar-refractivity contribution >= 4 is 11.9 Å². The summed E-state index contributed by atoms with van der Waals surface area (Å²) in [5.41, 5.74) is 1.35. The summed E-state index contributed by atoms with van der Waals surface area (Å²) in [5, 5.41) is 19.0. The number of carbonyl (C=O) groups is 2. The van der Waals surface area contributed by atoms with Gasteiger partial charge in [-0.2, -0.15) is 0 Å². The molecule has 0 radical (unpaired) electrons. The standard InChI is InChI=1S/C22H32O5/c1-13-9-15-4-3-14(2)19(22(15)16(10-13)5-8-20(24)25)7-6-18-11-17(23)12-21(26)27-18/h3-4,9,13-14,16-19,22-23H,5-8,10-12H2,1-2H3,(H,24,25)/t13-,14+,16-,17+,18+,19-,22+/m0/s1. The second-order valence-electron chi connectivity index (χ2n) is 8.76. The van der Waals surface area contributed by atoms with Crippen molar-refractivity contribution in [3.8, 4) is 0 Å². The number of carboxylic acid groups (broad SMARTS) is 1. The summed E-state index contributed by atoms with van der Waals surface area (Å²) in [7, 11) is 0. The quantitative estimate of drug-likeness (QED) is 0.690. The highest BCUT2D eigenvalue weighted by Gasteiger charge is 2.40. The van der Waals surface area contributed by atoms with Gasteiger partial charge in [0.25, 0.3) is 0 Å². The molecule has 0 aromatic rings. The van der Waals surface area contributed by atoms with E-state index in [9.17, 15) is 14.7 Å². The lowest BCUT2D eigenvalue weighted by molar-refractivity contribution is -0.160. The molecule has 2 N–H and O–H groups in total. The number of aliphatic carboxylic acids is 1. The minimum absolute atomic E-state index is 0.101. The average molecular weight is 376 g/mol. The number of rotatable bonds is 6. The molecule has 1 fully saturated rings. The summed E-state index contributed by atoms with van der Waals surface area (Å²) in [6.45, 7) is 4.44. The van der Waals surface area contributed by atoms with Gasteiger partial charge in [0.05, 0.1) is 12.5 Å². The molecule has 0 amide bonds. The normalized spacial score (nSPS) is 38.7. The third-order valence-corrected chi connectivity index (χ3v) is 6.56. The smallest absolute Gasteiger partial charge is 0.308 e. The number of hydrogen-bond donors (Lipinski definition) is 2. The molecular formula is C22H32O5. The van der Waals surface area contributed by atoms with Crippen LogP contribution in [-0.4, -0.2) is 34.4 Å². The van der Waals surface area contributed by atoms with Crippen LogP contribution in [0.1, 0.15) is 58.8 Å². The van der Waals surface area contributed by atoms with E-state index in [-0.39, 0.29) is 24.9 Å². The molecule has 1 saturated heterocycles. The lowest BCUT2D eigenvalue weighted by atomic mass is 9.61. The molecule has 150 valence electrons. The average Bonchev–Trinajstić information content (AvgIpc) is 2.58. The van der Waals surface area contributed by atoms with Crippen molar-refractivity contribution in [3.63, 3.8) is 0 Å². The van der Waals surface area contributed by atoms with E-state index >= 15 is 0 Å². The van der Waals surface area contributed by atoms with Crippen molar-refractivity contribution in [2.24, 2.45) is 29.6 Å². The maximum Gasteiger partial charge on any atom is 0.308 e. The number of fused-ring (bicyclic) bond motifs is 1. The molecule has 1 heterocycles. The molecular weight excluding hydrogens is 344 g/mol. The molecule has 0 aromatic carbocycles. The van der Waals surface area contributed by atoms with Crippen molar-refractivity contribution in [3.05, 3.63) is 23.8 Å². The topological polar surface area (TPSA) is 83.8 Å². The molecule has 5 heteroatoms. The fourth-order valence-corrected chi connectivity index (χ4v) is 5.37. The lowest BCUT2D eigenvalue weighted by Gasteiger charge is -2.44. The number of carbonyl (C=O) groups excluding carboxylic acids is 1. The van der Waals surface area contributed by atoms with Crippen LogP contribution in [0, 0.1) is 29.6 Å². The number of carboxylic acids is 1. The van der Waals surface area contributed by atoms with E-state index in [0.717, 1.165) is 25.7 Å². The summed E-state index contributed by atoms with van der Waals surface area (Å²) in [6, 6.07) is 0. The second-order valence-corrected chi connectivity index (χ2v) is 8.76. The summed E-state index contributed by atoms with van der Waals surface area (Å²) < 4.78 is 5.43. The highest BCUT2D eigenvalue weighted by atomic mass is 16.5. The van der Waals surface area contributed by atoms with Gasteiger partial charge in [-0.05, 0) is 60.8 Å². The minimum atomic E-state index is -0.724. The Bertz CT molecular complexity index is 622. The van der Waals surface area contributed by atoms with E-state index in [2.05, 4.69) is 32.1 Å². The first kappa shape index (κ1) is 20.1. The van der Waals surface area contributed by atoms with E-state index in [1.807, 2.05) is 0 Å². The lowest BCUT2D eigenvalue weighted by Crippen LogP contribution is -2.37. The number of cyclic esters (lactones) is 1. The van der Waals surface area contributed by atoms with Gasteiger partial charge in [0, 0.05) is 12.8 Å². The third kappa shape index (κ3) is 5.01. The number of allylic oxidation sites excluding steroid dienone is 4. The Morgan fingerprint density at radius 1 is 1.22 bits per heavy atom. The zero-order valence-corrected chi connectivity index (χ0v) is 16.3.